The molecule has 140 valence electrons. The number of halogens is 1. The van der Waals surface area contributed by atoms with Crippen LogP contribution in [0.4, 0.5) is 4.39 Å². The number of para-hydroxylation sites is 1. The lowest BCUT2D eigenvalue weighted by atomic mass is 10.2. The Morgan fingerprint density at radius 2 is 1.72 bits per heavy atom. The highest BCUT2D eigenvalue weighted by atomic mass is 19.1. The zero-order valence-corrected chi connectivity index (χ0v) is 14.8. The fourth-order valence-electron chi connectivity index (χ4n) is 2.89. The summed E-state index contributed by atoms with van der Waals surface area (Å²) in [4.78, 5) is 12.8. The average molecular weight is 385 g/mol. The maximum absolute atomic E-state index is 14.4. The molecule has 0 N–H and O–H groups in total. The van der Waals surface area contributed by atoms with Crippen molar-refractivity contribution in [3.8, 4) is 40.0 Å². The van der Waals surface area contributed by atoms with Gasteiger partial charge in [-0.05, 0) is 36.4 Å². The Kier molecular flexibility index (Phi) is 4.10. The number of hydrogen-bond acceptors (Lipinski definition) is 7. The van der Waals surface area contributed by atoms with Gasteiger partial charge < -0.3 is 4.52 Å². The SMILES string of the molecule is Fc1ccccc1-n1nnc(-c2nc(-c3ccncc3)no2)c1-c1ccccn1. The van der Waals surface area contributed by atoms with Gasteiger partial charge in [0.15, 0.2) is 5.69 Å². The van der Waals surface area contributed by atoms with Crippen LogP contribution in [0.2, 0.25) is 0 Å². The molecule has 0 aliphatic rings. The minimum atomic E-state index is -0.441. The summed E-state index contributed by atoms with van der Waals surface area (Å²) < 4.78 is 21.2. The van der Waals surface area contributed by atoms with E-state index in [1.807, 2.05) is 6.07 Å². The first-order chi connectivity index (χ1) is 14.3. The molecule has 5 aromatic rings. The lowest BCUT2D eigenvalue weighted by molar-refractivity contribution is 0.431. The fraction of sp³-hybridized carbons (Fsp3) is 0. The molecule has 0 bridgehead atoms. The number of rotatable bonds is 4. The molecule has 0 aliphatic heterocycles. The predicted molar refractivity (Wildman–Crippen MR) is 101 cm³/mol. The molecule has 0 aliphatic carbocycles. The van der Waals surface area contributed by atoms with Crippen LogP contribution in [0.1, 0.15) is 0 Å². The molecule has 8 nitrogen and oxygen atoms in total. The molecule has 29 heavy (non-hydrogen) atoms. The van der Waals surface area contributed by atoms with Gasteiger partial charge >= 0.3 is 0 Å². The summed E-state index contributed by atoms with van der Waals surface area (Å²) >= 11 is 0. The van der Waals surface area contributed by atoms with Crippen LogP contribution in [-0.2, 0) is 0 Å². The molecule has 1 aromatic carbocycles. The van der Waals surface area contributed by atoms with Crippen molar-refractivity contribution in [3.63, 3.8) is 0 Å². The topological polar surface area (TPSA) is 95.4 Å². The van der Waals surface area contributed by atoms with Gasteiger partial charge in [0.1, 0.15) is 17.2 Å². The second-order valence-electron chi connectivity index (χ2n) is 6.02. The van der Waals surface area contributed by atoms with Crippen molar-refractivity contribution in [1.82, 2.24) is 35.1 Å². The maximum atomic E-state index is 14.4. The first-order valence-electron chi connectivity index (χ1n) is 8.68. The van der Waals surface area contributed by atoms with Gasteiger partial charge in [-0.2, -0.15) is 4.98 Å². The average Bonchev–Trinajstić information content (AvgIpc) is 3.43. The molecular formula is C20H12FN7O. The van der Waals surface area contributed by atoms with Crippen LogP contribution < -0.4 is 0 Å². The Hall–Kier alpha value is -4.27. The number of aromatic nitrogens is 7. The Morgan fingerprint density at radius 1 is 0.897 bits per heavy atom. The van der Waals surface area contributed by atoms with Crippen LogP contribution in [0.15, 0.2) is 77.7 Å². The second-order valence-corrected chi connectivity index (χ2v) is 6.02. The van der Waals surface area contributed by atoms with E-state index in [0.717, 1.165) is 5.56 Å². The molecule has 0 atom stereocenters. The van der Waals surface area contributed by atoms with Gasteiger partial charge in [-0.15, -0.1) is 5.10 Å². The summed E-state index contributed by atoms with van der Waals surface area (Å²) in [6.45, 7) is 0. The Morgan fingerprint density at radius 3 is 2.52 bits per heavy atom. The zero-order valence-electron chi connectivity index (χ0n) is 14.8. The molecule has 0 amide bonds. The maximum Gasteiger partial charge on any atom is 0.281 e. The standard InChI is InChI=1S/C20H12FN7O/c21-14-5-1-2-7-16(14)28-18(15-6-3-4-10-23-15)17(25-27-28)20-24-19(26-29-20)13-8-11-22-12-9-13/h1-12H. The molecule has 0 spiro atoms. The van der Waals surface area contributed by atoms with E-state index in [4.69, 9.17) is 4.52 Å². The summed E-state index contributed by atoms with van der Waals surface area (Å²) in [6, 6.07) is 15.2. The lowest BCUT2D eigenvalue weighted by Gasteiger charge is -2.07. The molecule has 4 heterocycles. The summed E-state index contributed by atoms with van der Waals surface area (Å²) in [7, 11) is 0. The van der Waals surface area contributed by atoms with Crippen molar-refractivity contribution in [2.24, 2.45) is 0 Å². The van der Waals surface area contributed by atoms with Gasteiger partial charge in [0.25, 0.3) is 5.89 Å². The monoisotopic (exact) mass is 385 g/mol. The number of benzene rings is 1. The minimum absolute atomic E-state index is 0.153. The van der Waals surface area contributed by atoms with E-state index in [0.29, 0.717) is 22.9 Å². The van der Waals surface area contributed by atoms with E-state index in [-0.39, 0.29) is 11.6 Å². The van der Waals surface area contributed by atoms with E-state index in [9.17, 15) is 4.39 Å². The number of hydrogen-bond donors (Lipinski definition) is 0. The third-order valence-corrected chi connectivity index (χ3v) is 4.23. The van der Waals surface area contributed by atoms with Crippen molar-refractivity contribution < 1.29 is 8.91 Å². The fourth-order valence-corrected chi connectivity index (χ4v) is 2.89. The van der Waals surface area contributed by atoms with Crippen LogP contribution in [0, 0.1) is 5.82 Å². The van der Waals surface area contributed by atoms with E-state index in [1.165, 1.54) is 10.7 Å². The Bertz CT molecular complexity index is 1270. The van der Waals surface area contributed by atoms with Gasteiger partial charge in [0.05, 0.1) is 5.69 Å². The van der Waals surface area contributed by atoms with E-state index < -0.39 is 5.82 Å². The minimum Gasteiger partial charge on any atom is -0.332 e. The number of pyridine rings is 2. The third-order valence-electron chi connectivity index (χ3n) is 4.23. The van der Waals surface area contributed by atoms with Crippen LogP contribution in [0.5, 0.6) is 0 Å². The van der Waals surface area contributed by atoms with Gasteiger partial charge in [0.2, 0.25) is 5.82 Å². The van der Waals surface area contributed by atoms with Crippen LogP contribution in [0.25, 0.3) is 40.0 Å². The first kappa shape index (κ1) is 16.9. The van der Waals surface area contributed by atoms with Gasteiger partial charge in [0, 0.05) is 24.2 Å². The van der Waals surface area contributed by atoms with E-state index in [2.05, 4.69) is 30.4 Å². The number of nitrogens with zero attached hydrogens (tertiary/aromatic N) is 7. The smallest absolute Gasteiger partial charge is 0.281 e. The van der Waals surface area contributed by atoms with E-state index >= 15 is 0 Å². The van der Waals surface area contributed by atoms with Crippen molar-refractivity contribution in [3.05, 3.63) is 79.0 Å². The van der Waals surface area contributed by atoms with Crippen LogP contribution in [-0.4, -0.2) is 35.1 Å². The van der Waals surface area contributed by atoms with Gasteiger partial charge in [-0.3, -0.25) is 9.97 Å². The summed E-state index contributed by atoms with van der Waals surface area (Å²) in [5.41, 5.74) is 2.27. The van der Waals surface area contributed by atoms with Crippen LogP contribution in [0.3, 0.4) is 0 Å². The van der Waals surface area contributed by atoms with Gasteiger partial charge in [-0.1, -0.05) is 28.6 Å². The molecule has 9 heteroatoms. The molecule has 0 saturated carbocycles. The molecule has 4 aromatic heterocycles. The highest BCUT2D eigenvalue weighted by Crippen LogP contribution is 2.31. The molecule has 0 unspecified atom stereocenters. The zero-order chi connectivity index (χ0) is 19.6. The molecule has 5 rings (SSSR count). The highest BCUT2D eigenvalue weighted by Gasteiger charge is 2.24. The lowest BCUT2D eigenvalue weighted by Crippen LogP contribution is -2.03. The molecule has 0 saturated heterocycles. The predicted octanol–water partition coefficient (Wildman–Crippen LogP) is 3.58. The van der Waals surface area contributed by atoms with Crippen molar-refractivity contribution in [2.75, 3.05) is 0 Å². The quantitative estimate of drug-likeness (QED) is 0.466. The van der Waals surface area contributed by atoms with Crippen molar-refractivity contribution >= 4 is 0 Å². The molecular weight excluding hydrogens is 373 g/mol. The van der Waals surface area contributed by atoms with E-state index in [1.54, 1.807) is 61.1 Å². The highest BCUT2D eigenvalue weighted by molar-refractivity contribution is 5.74. The van der Waals surface area contributed by atoms with Crippen LogP contribution >= 0.6 is 0 Å². The first-order valence-corrected chi connectivity index (χ1v) is 8.68. The summed E-state index contributed by atoms with van der Waals surface area (Å²) in [5.74, 6) is 0.0963. The Labute approximate surface area is 163 Å². The van der Waals surface area contributed by atoms with Crippen molar-refractivity contribution in [2.45, 2.75) is 0 Å². The Balaban J connectivity index is 1.69. The molecule has 0 fully saturated rings. The van der Waals surface area contributed by atoms with Crippen molar-refractivity contribution in [1.29, 1.82) is 0 Å². The van der Waals surface area contributed by atoms with Gasteiger partial charge in [-0.25, -0.2) is 9.07 Å². The summed E-state index contributed by atoms with van der Waals surface area (Å²) in [6.07, 6.45) is 4.91. The largest absolute Gasteiger partial charge is 0.332 e. The third kappa shape index (κ3) is 3.04. The summed E-state index contributed by atoms with van der Waals surface area (Å²) in [5, 5.41) is 12.3. The normalized spacial score (nSPS) is 10.9. The molecule has 0 radical (unpaired) electrons. The second kappa shape index (κ2) is 7.04.